The number of fused-ring (bicyclic) bond motifs is 7. The first-order valence-electron chi connectivity index (χ1n) is 13.1. The van der Waals surface area contributed by atoms with Crippen molar-refractivity contribution < 1.29 is 9.84 Å². The van der Waals surface area contributed by atoms with E-state index in [1.54, 1.807) is 0 Å². The van der Waals surface area contributed by atoms with Gasteiger partial charge >= 0.3 is 0 Å². The molecule has 4 aliphatic carbocycles. The van der Waals surface area contributed by atoms with Crippen molar-refractivity contribution in [1.82, 2.24) is 0 Å². The van der Waals surface area contributed by atoms with E-state index in [4.69, 9.17) is 4.74 Å². The van der Waals surface area contributed by atoms with Crippen LogP contribution in [0.4, 0.5) is 0 Å². The van der Waals surface area contributed by atoms with Crippen molar-refractivity contribution in [1.29, 1.82) is 0 Å². The van der Waals surface area contributed by atoms with Crippen molar-refractivity contribution in [2.75, 3.05) is 0 Å². The first-order valence-corrected chi connectivity index (χ1v) is 13.1. The van der Waals surface area contributed by atoms with Crippen molar-refractivity contribution in [3.05, 3.63) is 0 Å². The molecule has 5 fully saturated rings. The Bertz CT molecular complexity index is 616. The van der Waals surface area contributed by atoms with Crippen LogP contribution in [0, 0.1) is 52.3 Å². The number of aliphatic hydroxyl groups is 1. The zero-order chi connectivity index (χ0) is 20.6. The van der Waals surface area contributed by atoms with Crippen LogP contribution in [0.25, 0.3) is 0 Å². The smallest absolute Gasteiger partial charge is 0.111 e. The number of hydrogen-bond donors (Lipinski definition) is 1. The minimum absolute atomic E-state index is 0.167. The molecule has 1 heterocycles. The Morgan fingerprint density at radius 2 is 1.76 bits per heavy atom. The summed E-state index contributed by atoms with van der Waals surface area (Å²) in [7, 11) is 0. The van der Waals surface area contributed by atoms with Gasteiger partial charge in [0.2, 0.25) is 0 Å². The van der Waals surface area contributed by atoms with Gasteiger partial charge in [-0.15, -0.1) is 0 Å². The highest BCUT2D eigenvalue weighted by atomic mass is 16.6. The number of aliphatic hydroxyl groups excluding tert-OH is 1. The van der Waals surface area contributed by atoms with E-state index in [1.165, 1.54) is 57.8 Å². The van der Waals surface area contributed by atoms with Crippen molar-refractivity contribution in [3.63, 3.8) is 0 Å². The van der Waals surface area contributed by atoms with Crippen LogP contribution in [0.1, 0.15) is 98.8 Å². The Hall–Kier alpha value is -0.0800. The Morgan fingerprint density at radius 1 is 0.966 bits per heavy atom. The van der Waals surface area contributed by atoms with E-state index in [-0.39, 0.29) is 12.2 Å². The molecule has 4 saturated carbocycles. The van der Waals surface area contributed by atoms with Gasteiger partial charge < -0.3 is 9.84 Å². The average Bonchev–Trinajstić information content (AvgIpc) is 3.40. The molecule has 0 radical (unpaired) electrons. The fourth-order valence-electron chi connectivity index (χ4n) is 9.65. The lowest BCUT2D eigenvalue weighted by Crippen LogP contribution is -2.57. The van der Waals surface area contributed by atoms with Gasteiger partial charge in [0.15, 0.2) is 0 Å². The Kier molecular flexibility index (Phi) is 5.18. The van der Waals surface area contributed by atoms with Crippen LogP contribution in [0.5, 0.6) is 0 Å². The first-order chi connectivity index (χ1) is 13.8. The summed E-state index contributed by atoms with van der Waals surface area (Å²) in [4.78, 5) is 0. The van der Waals surface area contributed by atoms with Gasteiger partial charge in [0.1, 0.15) is 6.10 Å². The number of epoxide rings is 1. The van der Waals surface area contributed by atoms with Crippen molar-refractivity contribution >= 4 is 0 Å². The van der Waals surface area contributed by atoms with Gasteiger partial charge in [-0.25, -0.2) is 0 Å². The molecule has 0 amide bonds. The van der Waals surface area contributed by atoms with E-state index >= 15 is 0 Å². The molecular formula is C27H46O2. The third-order valence-corrected chi connectivity index (χ3v) is 11.2. The van der Waals surface area contributed by atoms with E-state index < -0.39 is 0 Å². The fraction of sp³-hybridized carbons (Fsp3) is 1.00. The molecule has 5 aliphatic rings. The monoisotopic (exact) mass is 402 g/mol. The standard InChI is InChI=1S/C27H46O2/c1-16(2)7-6-8-17(3)20-11-12-21-19-10-9-18-15-23(28)24-25(29-24)27(18,5)22(19)13-14-26(20,21)4/h16-25,28H,6-15H2,1-5H3/t17-,18+,19+,20-,21+,22+,23-,24+,25-,26-,27+/m1/s1. The topological polar surface area (TPSA) is 32.8 Å². The van der Waals surface area contributed by atoms with Crippen LogP contribution in [-0.4, -0.2) is 23.4 Å². The summed E-state index contributed by atoms with van der Waals surface area (Å²) in [5, 5.41) is 10.4. The molecule has 2 nitrogen and oxygen atoms in total. The molecule has 1 saturated heterocycles. The molecule has 2 heteroatoms. The van der Waals surface area contributed by atoms with Crippen LogP contribution in [0.3, 0.4) is 0 Å². The van der Waals surface area contributed by atoms with E-state index in [0.717, 1.165) is 41.9 Å². The van der Waals surface area contributed by atoms with Gasteiger partial charge in [-0.2, -0.15) is 0 Å². The van der Waals surface area contributed by atoms with Gasteiger partial charge in [-0.05, 0) is 91.8 Å². The van der Waals surface area contributed by atoms with Crippen LogP contribution in [0.15, 0.2) is 0 Å². The van der Waals surface area contributed by atoms with Crippen molar-refractivity contribution in [2.45, 2.75) is 117 Å². The lowest BCUT2D eigenvalue weighted by Gasteiger charge is -2.60. The molecule has 0 bridgehead atoms. The fourth-order valence-corrected chi connectivity index (χ4v) is 9.65. The zero-order valence-corrected chi connectivity index (χ0v) is 19.7. The Labute approximate surface area is 179 Å². The number of rotatable bonds is 5. The highest BCUT2D eigenvalue weighted by molar-refractivity contribution is 5.17. The zero-order valence-electron chi connectivity index (χ0n) is 19.7. The SMILES string of the molecule is CC(C)CCC[C@@H](C)[C@H]1CC[C@H]2[C@@H]3CC[C@H]4C[C@@H](O)[C@@H]5O[C@H]5[C@]4(C)[C@H]3CC[C@]12C. The van der Waals surface area contributed by atoms with Gasteiger partial charge in [-0.3, -0.25) is 0 Å². The van der Waals surface area contributed by atoms with Crippen LogP contribution in [-0.2, 0) is 4.74 Å². The normalized spacial score (nSPS) is 54.3. The predicted octanol–water partition coefficient (Wildman–Crippen LogP) is 6.46. The molecule has 5 rings (SSSR count). The second-order valence-electron chi connectivity index (χ2n) is 12.9. The molecule has 1 aliphatic heterocycles. The maximum absolute atomic E-state index is 10.4. The summed E-state index contributed by atoms with van der Waals surface area (Å²) in [6.45, 7) is 12.6. The highest BCUT2D eigenvalue weighted by Crippen LogP contribution is 2.70. The second kappa shape index (κ2) is 7.22. The molecule has 0 aromatic carbocycles. The summed E-state index contributed by atoms with van der Waals surface area (Å²) in [5.41, 5.74) is 0.925. The first kappa shape index (κ1) is 20.8. The Morgan fingerprint density at radius 3 is 2.52 bits per heavy atom. The van der Waals surface area contributed by atoms with Crippen molar-refractivity contribution in [3.8, 4) is 0 Å². The minimum Gasteiger partial charge on any atom is -0.390 e. The predicted molar refractivity (Wildman–Crippen MR) is 119 cm³/mol. The highest BCUT2D eigenvalue weighted by Gasteiger charge is 2.69. The molecular weight excluding hydrogens is 356 g/mol. The lowest BCUT2D eigenvalue weighted by molar-refractivity contribution is -0.122. The molecule has 0 aromatic heterocycles. The molecule has 166 valence electrons. The van der Waals surface area contributed by atoms with Gasteiger partial charge in [0.05, 0.1) is 12.2 Å². The van der Waals surface area contributed by atoms with E-state index in [0.29, 0.717) is 22.9 Å². The third kappa shape index (κ3) is 3.09. The number of hydrogen-bond acceptors (Lipinski definition) is 2. The van der Waals surface area contributed by atoms with E-state index in [1.807, 2.05) is 0 Å². The minimum atomic E-state index is -0.189. The third-order valence-electron chi connectivity index (χ3n) is 11.2. The van der Waals surface area contributed by atoms with E-state index in [9.17, 15) is 5.11 Å². The molecule has 29 heavy (non-hydrogen) atoms. The van der Waals surface area contributed by atoms with Gasteiger partial charge in [0.25, 0.3) is 0 Å². The molecule has 1 N–H and O–H groups in total. The maximum Gasteiger partial charge on any atom is 0.111 e. The molecule has 0 unspecified atom stereocenters. The Balaban J connectivity index is 1.31. The number of ether oxygens (including phenoxy) is 1. The van der Waals surface area contributed by atoms with Gasteiger partial charge in [-0.1, -0.05) is 53.9 Å². The van der Waals surface area contributed by atoms with Crippen LogP contribution >= 0.6 is 0 Å². The maximum atomic E-state index is 10.4. The lowest BCUT2D eigenvalue weighted by atomic mass is 9.44. The summed E-state index contributed by atoms with van der Waals surface area (Å²) in [5.74, 6) is 6.10. The summed E-state index contributed by atoms with van der Waals surface area (Å²) >= 11 is 0. The molecule has 0 aromatic rings. The van der Waals surface area contributed by atoms with Crippen LogP contribution in [0.2, 0.25) is 0 Å². The van der Waals surface area contributed by atoms with Crippen molar-refractivity contribution in [2.24, 2.45) is 52.3 Å². The van der Waals surface area contributed by atoms with Gasteiger partial charge in [0, 0.05) is 5.41 Å². The second-order valence-corrected chi connectivity index (χ2v) is 12.9. The largest absolute Gasteiger partial charge is 0.390 e. The summed E-state index contributed by atoms with van der Waals surface area (Å²) in [6.07, 6.45) is 14.2. The molecule has 0 spiro atoms. The average molecular weight is 403 g/mol. The summed E-state index contributed by atoms with van der Waals surface area (Å²) in [6, 6.07) is 0. The molecule has 11 atom stereocenters. The van der Waals surface area contributed by atoms with E-state index in [2.05, 4.69) is 34.6 Å². The quantitative estimate of drug-likeness (QED) is 0.536. The summed E-state index contributed by atoms with van der Waals surface area (Å²) < 4.78 is 6.12. The van der Waals surface area contributed by atoms with Crippen LogP contribution < -0.4 is 0 Å².